The second-order valence-corrected chi connectivity index (χ2v) is 8.83. The number of benzene rings is 2. The van der Waals surface area contributed by atoms with Crippen LogP contribution in [-0.2, 0) is 24.2 Å². The number of aryl methyl sites for hydroxylation is 1. The van der Waals surface area contributed by atoms with Gasteiger partial charge in [-0.25, -0.2) is 0 Å². The van der Waals surface area contributed by atoms with Crippen molar-refractivity contribution in [2.45, 2.75) is 44.6 Å². The zero-order chi connectivity index (χ0) is 19.4. The molecule has 1 fully saturated rings. The van der Waals surface area contributed by atoms with Gasteiger partial charge in [-0.2, -0.15) is 0 Å². The van der Waals surface area contributed by atoms with Gasteiger partial charge in [0.2, 0.25) is 0 Å². The molecule has 144 valence electrons. The number of halogens is 2. The predicted octanol–water partition coefficient (Wildman–Crippen LogP) is 6.06. The third kappa shape index (κ3) is 2.92. The predicted molar refractivity (Wildman–Crippen MR) is 113 cm³/mol. The second-order valence-electron chi connectivity index (χ2n) is 7.98. The summed E-state index contributed by atoms with van der Waals surface area (Å²) in [7, 11) is 0. The van der Waals surface area contributed by atoms with Crippen LogP contribution in [0.25, 0.3) is 10.9 Å². The molecule has 0 aliphatic heterocycles. The third-order valence-electron chi connectivity index (χ3n) is 6.28. The zero-order valence-corrected chi connectivity index (χ0v) is 16.9. The lowest BCUT2D eigenvalue weighted by Gasteiger charge is -2.17. The normalized spacial score (nSPS) is 20.9. The molecule has 3 aromatic rings. The minimum absolute atomic E-state index is 0.108. The van der Waals surface area contributed by atoms with Crippen LogP contribution >= 0.6 is 23.2 Å². The van der Waals surface area contributed by atoms with Gasteiger partial charge in [0, 0.05) is 33.6 Å². The van der Waals surface area contributed by atoms with Crippen LogP contribution in [0.15, 0.2) is 36.4 Å². The summed E-state index contributed by atoms with van der Waals surface area (Å²) < 4.78 is 2.39. The third-order valence-corrected chi connectivity index (χ3v) is 6.86. The lowest BCUT2D eigenvalue weighted by atomic mass is 9.95. The first-order chi connectivity index (χ1) is 13.5. The highest BCUT2D eigenvalue weighted by Crippen LogP contribution is 2.50. The quantitative estimate of drug-likeness (QED) is 0.564. The fourth-order valence-electron chi connectivity index (χ4n) is 4.82. The summed E-state index contributed by atoms with van der Waals surface area (Å²) in [6.45, 7) is 0.684. The molecule has 0 bridgehead atoms. The maximum atomic E-state index is 11.5. The number of aromatic nitrogens is 1. The molecule has 0 amide bonds. The van der Waals surface area contributed by atoms with E-state index in [0.29, 0.717) is 16.6 Å². The number of para-hydroxylation sites is 1. The topological polar surface area (TPSA) is 42.2 Å². The Morgan fingerprint density at radius 1 is 1.14 bits per heavy atom. The molecule has 2 aliphatic rings. The Labute approximate surface area is 173 Å². The number of rotatable bonds is 4. The number of hydrogen-bond donors (Lipinski definition) is 1. The van der Waals surface area contributed by atoms with Crippen molar-refractivity contribution in [3.8, 4) is 0 Å². The summed E-state index contributed by atoms with van der Waals surface area (Å²) >= 11 is 12.6. The van der Waals surface area contributed by atoms with E-state index in [4.69, 9.17) is 23.2 Å². The van der Waals surface area contributed by atoms with Crippen LogP contribution in [0.4, 0.5) is 0 Å². The molecule has 1 saturated carbocycles. The molecule has 3 nitrogen and oxygen atoms in total. The van der Waals surface area contributed by atoms with E-state index in [1.807, 2.05) is 12.1 Å². The molecule has 2 unspecified atom stereocenters. The molecular formula is C23H21Cl2NO2. The van der Waals surface area contributed by atoms with Gasteiger partial charge >= 0.3 is 5.97 Å². The molecule has 2 aliphatic carbocycles. The Morgan fingerprint density at radius 2 is 1.96 bits per heavy atom. The number of hydrogen-bond acceptors (Lipinski definition) is 1. The highest BCUT2D eigenvalue weighted by Gasteiger charge is 2.45. The van der Waals surface area contributed by atoms with Gasteiger partial charge in [-0.05, 0) is 60.9 Å². The van der Waals surface area contributed by atoms with E-state index in [1.165, 1.54) is 40.6 Å². The van der Waals surface area contributed by atoms with Crippen LogP contribution in [0.5, 0.6) is 0 Å². The Bertz CT molecular complexity index is 1100. The second kappa shape index (κ2) is 6.82. The molecule has 0 radical (unpaired) electrons. The summed E-state index contributed by atoms with van der Waals surface area (Å²) in [6.07, 6.45) is 5.27. The maximum absolute atomic E-state index is 11.5. The fraction of sp³-hybridized carbons (Fsp3) is 0.348. The molecule has 0 spiro atoms. The minimum Gasteiger partial charge on any atom is -0.481 e. The number of carbonyl (C=O) groups is 1. The molecule has 2 aromatic carbocycles. The first-order valence-electron chi connectivity index (χ1n) is 9.84. The number of aliphatic carboxylic acids is 1. The van der Waals surface area contributed by atoms with Gasteiger partial charge in [-0.3, -0.25) is 4.79 Å². The summed E-state index contributed by atoms with van der Waals surface area (Å²) in [4.78, 5) is 11.5. The van der Waals surface area contributed by atoms with Crippen molar-refractivity contribution in [1.29, 1.82) is 0 Å². The lowest BCUT2D eigenvalue weighted by molar-refractivity contribution is -0.138. The number of carboxylic acids is 1. The first kappa shape index (κ1) is 18.1. The summed E-state index contributed by atoms with van der Waals surface area (Å²) in [5, 5.41) is 12.0. The van der Waals surface area contributed by atoms with E-state index in [-0.39, 0.29) is 11.8 Å². The maximum Gasteiger partial charge on any atom is 0.307 e. The lowest BCUT2D eigenvalue weighted by Crippen LogP contribution is -2.10. The van der Waals surface area contributed by atoms with Gasteiger partial charge in [0.15, 0.2) is 0 Å². The van der Waals surface area contributed by atoms with Crippen molar-refractivity contribution in [3.05, 3.63) is 68.8 Å². The highest BCUT2D eigenvalue weighted by atomic mass is 35.5. The Kier molecular flexibility index (Phi) is 4.41. The van der Waals surface area contributed by atoms with Crippen LogP contribution in [0.3, 0.4) is 0 Å². The van der Waals surface area contributed by atoms with Crippen LogP contribution in [0.1, 0.15) is 47.6 Å². The molecule has 5 heteroatoms. The molecule has 28 heavy (non-hydrogen) atoms. The molecule has 1 heterocycles. The van der Waals surface area contributed by atoms with E-state index in [1.54, 1.807) is 6.07 Å². The fourth-order valence-corrected chi connectivity index (χ4v) is 5.29. The van der Waals surface area contributed by atoms with E-state index in [9.17, 15) is 9.90 Å². The number of fused-ring (bicyclic) bond motifs is 3. The van der Waals surface area contributed by atoms with E-state index < -0.39 is 5.97 Å². The standard InChI is InChI=1S/C23H21Cl2NO2/c24-14-9-8-13(20(25)10-14)12-26-21-7-2-1-4-15(21)16-5-3-6-17(22(16)26)18-11-19(18)23(27)28/h3,5-6,8-10,18-19H,1-2,4,7,11-12H2,(H,27,28). The highest BCUT2D eigenvalue weighted by molar-refractivity contribution is 6.35. The average Bonchev–Trinajstić information content (AvgIpc) is 3.42. The van der Waals surface area contributed by atoms with Gasteiger partial charge < -0.3 is 9.67 Å². The van der Waals surface area contributed by atoms with Gasteiger partial charge in [-0.15, -0.1) is 0 Å². The van der Waals surface area contributed by atoms with Crippen LogP contribution in [0.2, 0.25) is 10.0 Å². The molecule has 2 atom stereocenters. The molecule has 5 rings (SSSR count). The Hall–Kier alpha value is -1.97. The van der Waals surface area contributed by atoms with E-state index >= 15 is 0 Å². The minimum atomic E-state index is -0.689. The van der Waals surface area contributed by atoms with Crippen LogP contribution < -0.4 is 0 Å². The van der Waals surface area contributed by atoms with Crippen molar-refractivity contribution in [3.63, 3.8) is 0 Å². The van der Waals surface area contributed by atoms with Crippen molar-refractivity contribution in [2.75, 3.05) is 0 Å². The summed E-state index contributed by atoms with van der Waals surface area (Å²) in [5.41, 5.74) is 6.23. The first-order valence-corrected chi connectivity index (χ1v) is 10.6. The van der Waals surface area contributed by atoms with Gasteiger partial charge in [-0.1, -0.05) is 47.5 Å². The smallest absolute Gasteiger partial charge is 0.307 e. The Morgan fingerprint density at radius 3 is 2.71 bits per heavy atom. The van der Waals surface area contributed by atoms with Crippen LogP contribution in [-0.4, -0.2) is 15.6 Å². The van der Waals surface area contributed by atoms with Crippen molar-refractivity contribution < 1.29 is 9.90 Å². The SMILES string of the molecule is O=C(O)C1CC1c1cccc2c3c(n(Cc4ccc(Cl)cc4Cl)c12)CCCC3. The molecular weight excluding hydrogens is 393 g/mol. The molecule has 1 aromatic heterocycles. The molecule has 0 saturated heterocycles. The zero-order valence-electron chi connectivity index (χ0n) is 15.4. The van der Waals surface area contributed by atoms with E-state index in [0.717, 1.165) is 24.8 Å². The van der Waals surface area contributed by atoms with Gasteiger partial charge in [0.25, 0.3) is 0 Å². The van der Waals surface area contributed by atoms with Gasteiger partial charge in [0.1, 0.15) is 0 Å². The van der Waals surface area contributed by atoms with Crippen molar-refractivity contribution >= 4 is 40.1 Å². The summed E-state index contributed by atoms with van der Waals surface area (Å²) in [6, 6.07) is 12.1. The average molecular weight is 414 g/mol. The summed E-state index contributed by atoms with van der Waals surface area (Å²) in [5.74, 6) is -0.840. The largest absolute Gasteiger partial charge is 0.481 e. The van der Waals surface area contributed by atoms with Gasteiger partial charge in [0.05, 0.1) is 11.4 Å². The molecule has 1 N–H and O–H groups in total. The monoisotopic (exact) mass is 413 g/mol. The van der Waals surface area contributed by atoms with Crippen LogP contribution in [0, 0.1) is 5.92 Å². The van der Waals surface area contributed by atoms with E-state index in [2.05, 4.69) is 22.8 Å². The number of nitrogens with zero attached hydrogens (tertiary/aromatic N) is 1. The van der Waals surface area contributed by atoms with Crippen molar-refractivity contribution in [1.82, 2.24) is 4.57 Å². The number of carboxylic acid groups (broad SMARTS) is 1. The Balaban J connectivity index is 1.69. The van der Waals surface area contributed by atoms with Crippen molar-refractivity contribution in [2.24, 2.45) is 5.92 Å².